The molecular weight excluding hydrogens is 390 g/mol. The van der Waals surface area contributed by atoms with Crippen molar-refractivity contribution < 1.29 is 23.8 Å². The molecule has 0 aliphatic heterocycles. The standard InChI is InChI=1S/C22H27NO5S/c1-14(24)20-11-15(13-29-20)12-21(25)23-16-7-9-17(10-8-16)28-19-6-4-5-18(26-2)22(19)27-3/h4-6,11,13,16-17H,7-10,12H2,1-3H3,(H,23,25). The fourth-order valence-electron chi connectivity index (χ4n) is 3.57. The number of hydrogen-bond donors (Lipinski definition) is 1. The maximum atomic E-state index is 12.3. The Kier molecular flexibility index (Phi) is 7.14. The lowest BCUT2D eigenvalue weighted by molar-refractivity contribution is -0.121. The van der Waals surface area contributed by atoms with Gasteiger partial charge in [0.15, 0.2) is 17.3 Å². The first-order chi connectivity index (χ1) is 14.0. The van der Waals surface area contributed by atoms with Crippen LogP contribution >= 0.6 is 11.3 Å². The van der Waals surface area contributed by atoms with Gasteiger partial charge < -0.3 is 19.5 Å². The van der Waals surface area contributed by atoms with Crippen LogP contribution in [0.15, 0.2) is 29.6 Å². The molecule has 1 aromatic heterocycles. The molecule has 0 spiro atoms. The van der Waals surface area contributed by atoms with Gasteiger partial charge in [0.25, 0.3) is 0 Å². The van der Waals surface area contributed by atoms with Crippen LogP contribution in [0.5, 0.6) is 17.2 Å². The zero-order chi connectivity index (χ0) is 20.8. The molecule has 0 radical (unpaired) electrons. The van der Waals surface area contributed by atoms with Gasteiger partial charge in [-0.1, -0.05) is 6.07 Å². The zero-order valence-corrected chi connectivity index (χ0v) is 17.8. The maximum Gasteiger partial charge on any atom is 0.224 e. The number of Topliss-reactive ketones (excluding diaryl/α,β-unsaturated/α-hetero) is 1. The van der Waals surface area contributed by atoms with Gasteiger partial charge in [-0.15, -0.1) is 11.3 Å². The topological polar surface area (TPSA) is 73.9 Å². The van der Waals surface area contributed by atoms with E-state index < -0.39 is 0 Å². The average Bonchev–Trinajstić information content (AvgIpc) is 3.18. The highest BCUT2D eigenvalue weighted by Gasteiger charge is 2.25. The summed E-state index contributed by atoms with van der Waals surface area (Å²) in [6.07, 6.45) is 3.84. The molecule has 1 aromatic carbocycles. The number of ether oxygens (including phenoxy) is 3. The Morgan fingerprint density at radius 3 is 2.45 bits per heavy atom. The molecular formula is C22H27NO5S. The van der Waals surface area contributed by atoms with Gasteiger partial charge in [-0.2, -0.15) is 0 Å². The fourth-order valence-corrected chi connectivity index (χ4v) is 4.39. The second-order valence-corrected chi connectivity index (χ2v) is 8.11. The predicted octanol–water partition coefficient (Wildman–Crippen LogP) is 4.02. The van der Waals surface area contributed by atoms with Gasteiger partial charge in [0.2, 0.25) is 11.7 Å². The minimum atomic E-state index is -0.00302. The largest absolute Gasteiger partial charge is 0.493 e. The van der Waals surface area contributed by atoms with Gasteiger partial charge in [-0.05, 0) is 61.7 Å². The van der Waals surface area contributed by atoms with Gasteiger partial charge in [-0.25, -0.2) is 0 Å². The van der Waals surface area contributed by atoms with Gasteiger partial charge in [0.1, 0.15) is 0 Å². The van der Waals surface area contributed by atoms with E-state index in [9.17, 15) is 9.59 Å². The summed E-state index contributed by atoms with van der Waals surface area (Å²) in [6, 6.07) is 7.56. The van der Waals surface area contributed by atoms with Crippen LogP contribution in [0.3, 0.4) is 0 Å². The van der Waals surface area contributed by atoms with E-state index in [-0.39, 0.29) is 23.8 Å². The summed E-state index contributed by atoms with van der Waals surface area (Å²) in [5.74, 6) is 1.96. The molecule has 29 heavy (non-hydrogen) atoms. The van der Waals surface area contributed by atoms with Crippen molar-refractivity contribution in [2.45, 2.75) is 51.2 Å². The van der Waals surface area contributed by atoms with Crippen LogP contribution in [-0.2, 0) is 11.2 Å². The lowest BCUT2D eigenvalue weighted by Crippen LogP contribution is -2.40. The van der Waals surface area contributed by atoms with Crippen molar-refractivity contribution in [3.05, 3.63) is 40.1 Å². The zero-order valence-electron chi connectivity index (χ0n) is 17.0. The molecule has 156 valence electrons. The molecule has 0 bridgehead atoms. The highest BCUT2D eigenvalue weighted by Crippen LogP contribution is 2.38. The third-order valence-corrected chi connectivity index (χ3v) is 6.15. The molecule has 1 aliphatic rings. The molecule has 1 fully saturated rings. The van der Waals surface area contributed by atoms with Crippen LogP contribution in [0.25, 0.3) is 0 Å². The van der Waals surface area contributed by atoms with Crippen molar-refractivity contribution in [3.63, 3.8) is 0 Å². The summed E-state index contributed by atoms with van der Waals surface area (Å²) in [6.45, 7) is 1.54. The first kappa shape index (κ1) is 21.2. The van der Waals surface area contributed by atoms with Crippen molar-refractivity contribution in [2.75, 3.05) is 14.2 Å². The third-order valence-electron chi connectivity index (χ3n) is 5.07. The number of ketones is 1. The van der Waals surface area contributed by atoms with Gasteiger partial charge in [-0.3, -0.25) is 9.59 Å². The van der Waals surface area contributed by atoms with E-state index in [1.807, 2.05) is 23.6 Å². The van der Waals surface area contributed by atoms with Crippen molar-refractivity contribution in [1.82, 2.24) is 5.32 Å². The molecule has 0 unspecified atom stereocenters. The minimum Gasteiger partial charge on any atom is -0.493 e. The number of hydrogen-bond acceptors (Lipinski definition) is 6. The molecule has 1 heterocycles. The molecule has 1 aliphatic carbocycles. The van der Waals surface area contributed by atoms with E-state index in [1.54, 1.807) is 20.3 Å². The summed E-state index contributed by atoms with van der Waals surface area (Å²) < 4.78 is 16.9. The van der Waals surface area contributed by atoms with Crippen molar-refractivity contribution in [3.8, 4) is 17.2 Å². The van der Waals surface area contributed by atoms with Crippen LogP contribution in [0.2, 0.25) is 0 Å². The Morgan fingerprint density at radius 2 is 1.83 bits per heavy atom. The van der Waals surface area contributed by atoms with Crippen LogP contribution in [0.4, 0.5) is 0 Å². The number of carbonyl (C=O) groups is 2. The maximum absolute atomic E-state index is 12.3. The highest BCUT2D eigenvalue weighted by atomic mass is 32.1. The van der Waals surface area contributed by atoms with E-state index >= 15 is 0 Å². The predicted molar refractivity (Wildman–Crippen MR) is 112 cm³/mol. The van der Waals surface area contributed by atoms with Crippen molar-refractivity contribution >= 4 is 23.0 Å². The Bertz CT molecular complexity index is 855. The molecule has 7 heteroatoms. The number of thiophene rings is 1. The van der Waals surface area contributed by atoms with Crippen molar-refractivity contribution in [1.29, 1.82) is 0 Å². The second kappa shape index (κ2) is 9.78. The average molecular weight is 418 g/mol. The van der Waals surface area contributed by atoms with Crippen LogP contribution in [-0.4, -0.2) is 38.1 Å². The lowest BCUT2D eigenvalue weighted by atomic mass is 9.92. The Hall–Kier alpha value is -2.54. The summed E-state index contributed by atoms with van der Waals surface area (Å²) in [4.78, 5) is 24.4. The molecule has 0 saturated heterocycles. The van der Waals surface area contributed by atoms with Gasteiger partial charge in [0.05, 0.1) is 31.6 Å². The monoisotopic (exact) mass is 417 g/mol. The number of benzene rings is 1. The van der Waals surface area contributed by atoms with Gasteiger partial charge >= 0.3 is 0 Å². The van der Waals surface area contributed by atoms with Crippen LogP contribution in [0, 0.1) is 0 Å². The van der Waals surface area contributed by atoms with Crippen LogP contribution in [0.1, 0.15) is 47.8 Å². The number of amides is 1. The third kappa shape index (κ3) is 5.50. The van der Waals surface area contributed by atoms with Crippen LogP contribution < -0.4 is 19.5 Å². The van der Waals surface area contributed by atoms with E-state index in [1.165, 1.54) is 18.3 Å². The minimum absolute atomic E-state index is 0.00302. The summed E-state index contributed by atoms with van der Waals surface area (Å²) in [5, 5.41) is 4.99. The molecule has 0 atom stereocenters. The summed E-state index contributed by atoms with van der Waals surface area (Å²) in [5.41, 5.74) is 0.889. The molecule has 2 aromatic rings. The van der Waals surface area contributed by atoms with E-state index in [4.69, 9.17) is 14.2 Å². The number of carbonyl (C=O) groups excluding carboxylic acids is 2. The molecule has 1 saturated carbocycles. The molecule has 1 N–H and O–H groups in total. The highest BCUT2D eigenvalue weighted by molar-refractivity contribution is 7.12. The molecule has 6 nitrogen and oxygen atoms in total. The fraction of sp³-hybridized carbons (Fsp3) is 0.455. The normalized spacial score (nSPS) is 18.7. The van der Waals surface area contributed by atoms with E-state index in [0.717, 1.165) is 31.2 Å². The van der Waals surface area contributed by atoms with E-state index in [2.05, 4.69) is 5.32 Å². The Morgan fingerprint density at radius 1 is 1.10 bits per heavy atom. The first-order valence-electron chi connectivity index (χ1n) is 9.75. The number of rotatable bonds is 8. The summed E-state index contributed by atoms with van der Waals surface area (Å²) in [7, 11) is 3.20. The Balaban J connectivity index is 1.48. The Labute approximate surface area is 175 Å². The number of methoxy groups -OCH3 is 2. The number of para-hydroxylation sites is 1. The smallest absolute Gasteiger partial charge is 0.224 e. The van der Waals surface area contributed by atoms with Gasteiger partial charge in [0, 0.05) is 6.04 Å². The quantitative estimate of drug-likeness (QED) is 0.657. The summed E-state index contributed by atoms with van der Waals surface area (Å²) >= 11 is 1.39. The molecule has 1 amide bonds. The SMILES string of the molecule is COc1cccc(OC2CCC(NC(=O)Cc3csc(C(C)=O)c3)CC2)c1OC. The van der Waals surface area contributed by atoms with Crippen molar-refractivity contribution in [2.24, 2.45) is 0 Å². The number of nitrogens with one attached hydrogen (secondary N) is 1. The van der Waals surface area contributed by atoms with E-state index in [0.29, 0.717) is 28.5 Å². The lowest BCUT2D eigenvalue weighted by Gasteiger charge is -2.30. The first-order valence-corrected chi connectivity index (χ1v) is 10.6. The molecule has 3 rings (SSSR count). The second-order valence-electron chi connectivity index (χ2n) is 7.20.